The average Bonchev–Trinajstić information content (AvgIpc) is 2.98. The predicted octanol–water partition coefficient (Wildman–Crippen LogP) is 2.13. The number of nitrogens with one attached hydrogen (secondary N) is 1. The first-order chi connectivity index (χ1) is 10.1. The molecule has 0 aromatic heterocycles. The number of rotatable bonds is 7. The molecule has 124 valence electrons. The van der Waals surface area contributed by atoms with Crippen molar-refractivity contribution in [1.29, 1.82) is 0 Å². The van der Waals surface area contributed by atoms with E-state index < -0.39 is 0 Å². The summed E-state index contributed by atoms with van der Waals surface area (Å²) in [6.07, 6.45) is 3.13. The molecule has 0 radical (unpaired) electrons. The molecule has 0 aliphatic carbocycles. The molecule has 1 aromatic rings. The van der Waals surface area contributed by atoms with Crippen LogP contribution < -0.4 is 15.8 Å². The van der Waals surface area contributed by atoms with Gasteiger partial charge in [0.1, 0.15) is 12.4 Å². The molecular formula is C16H25ClN2O3. The molecule has 5 nitrogen and oxygen atoms in total. The Balaban J connectivity index is 0.00000242. The molecule has 0 spiro atoms. The van der Waals surface area contributed by atoms with Crippen molar-refractivity contribution in [2.24, 2.45) is 5.73 Å². The number of ether oxygens (including phenoxy) is 2. The van der Waals surface area contributed by atoms with Crippen LogP contribution in [-0.2, 0) is 4.74 Å². The quantitative estimate of drug-likeness (QED) is 0.804. The van der Waals surface area contributed by atoms with Crippen LogP contribution in [0, 0.1) is 0 Å². The summed E-state index contributed by atoms with van der Waals surface area (Å²) in [6, 6.07) is 7.27. The van der Waals surface area contributed by atoms with E-state index in [1.807, 2.05) is 19.1 Å². The van der Waals surface area contributed by atoms with E-state index in [1.54, 1.807) is 12.1 Å². The summed E-state index contributed by atoms with van der Waals surface area (Å²) >= 11 is 0. The Morgan fingerprint density at radius 1 is 1.45 bits per heavy atom. The van der Waals surface area contributed by atoms with E-state index in [2.05, 4.69) is 5.32 Å². The Kier molecular flexibility index (Phi) is 8.24. The molecule has 1 heterocycles. The average molecular weight is 329 g/mol. The van der Waals surface area contributed by atoms with Gasteiger partial charge in [-0.1, -0.05) is 0 Å². The molecule has 1 amide bonds. The fraction of sp³-hybridized carbons (Fsp3) is 0.562. The minimum Gasteiger partial charge on any atom is -0.491 e. The highest BCUT2D eigenvalue weighted by molar-refractivity contribution is 5.94. The summed E-state index contributed by atoms with van der Waals surface area (Å²) < 4.78 is 11.2. The van der Waals surface area contributed by atoms with Crippen LogP contribution in [0.4, 0.5) is 0 Å². The number of hydrogen-bond acceptors (Lipinski definition) is 4. The van der Waals surface area contributed by atoms with Crippen molar-refractivity contribution in [1.82, 2.24) is 5.32 Å². The van der Waals surface area contributed by atoms with Crippen LogP contribution in [0.3, 0.4) is 0 Å². The molecule has 2 atom stereocenters. The maximum atomic E-state index is 11.9. The fourth-order valence-corrected chi connectivity index (χ4v) is 2.18. The molecule has 1 fully saturated rings. The number of nitrogens with two attached hydrogens (primary N) is 1. The second-order valence-electron chi connectivity index (χ2n) is 5.49. The first-order valence-electron chi connectivity index (χ1n) is 7.53. The molecule has 1 aliphatic rings. The second-order valence-corrected chi connectivity index (χ2v) is 5.49. The predicted molar refractivity (Wildman–Crippen MR) is 88.8 cm³/mol. The second kappa shape index (κ2) is 9.66. The largest absolute Gasteiger partial charge is 0.491 e. The standard InChI is InChI=1S/C16H24N2O3.ClH/c1-12(17)8-9-18-16(19)13-4-6-14(7-5-13)21-11-15-3-2-10-20-15;/h4-7,12,15H,2-3,8-11,17H2,1H3,(H,18,19);1H. The van der Waals surface area contributed by atoms with Gasteiger partial charge in [0.25, 0.3) is 5.91 Å². The third-order valence-electron chi connectivity index (χ3n) is 3.46. The Labute approximate surface area is 138 Å². The van der Waals surface area contributed by atoms with Gasteiger partial charge in [-0.2, -0.15) is 0 Å². The number of benzene rings is 1. The van der Waals surface area contributed by atoms with Crippen molar-refractivity contribution in [2.75, 3.05) is 19.8 Å². The van der Waals surface area contributed by atoms with Crippen molar-refractivity contribution < 1.29 is 14.3 Å². The van der Waals surface area contributed by atoms with Gasteiger partial charge in [0.05, 0.1) is 6.10 Å². The van der Waals surface area contributed by atoms with Gasteiger partial charge >= 0.3 is 0 Å². The Morgan fingerprint density at radius 2 is 2.18 bits per heavy atom. The van der Waals surface area contributed by atoms with Gasteiger partial charge < -0.3 is 20.5 Å². The molecule has 1 saturated heterocycles. The molecule has 0 saturated carbocycles. The molecule has 0 bridgehead atoms. The maximum absolute atomic E-state index is 11.9. The van der Waals surface area contributed by atoms with E-state index in [1.165, 1.54) is 0 Å². The minimum atomic E-state index is -0.0821. The highest BCUT2D eigenvalue weighted by Crippen LogP contribution is 2.16. The van der Waals surface area contributed by atoms with Crippen molar-refractivity contribution in [3.63, 3.8) is 0 Å². The first kappa shape index (κ1) is 18.7. The van der Waals surface area contributed by atoms with Crippen LogP contribution in [0.2, 0.25) is 0 Å². The van der Waals surface area contributed by atoms with Crippen LogP contribution >= 0.6 is 12.4 Å². The SMILES string of the molecule is CC(N)CCNC(=O)c1ccc(OCC2CCCO2)cc1.Cl. The number of amides is 1. The van der Waals surface area contributed by atoms with Gasteiger partial charge in [0, 0.05) is 24.8 Å². The number of hydrogen-bond donors (Lipinski definition) is 2. The van der Waals surface area contributed by atoms with E-state index in [0.717, 1.165) is 31.6 Å². The topological polar surface area (TPSA) is 73.6 Å². The lowest BCUT2D eigenvalue weighted by atomic mass is 10.2. The highest BCUT2D eigenvalue weighted by atomic mass is 35.5. The summed E-state index contributed by atoms with van der Waals surface area (Å²) in [5.41, 5.74) is 6.27. The Bertz CT molecular complexity index is 445. The zero-order valence-corrected chi connectivity index (χ0v) is 13.7. The lowest BCUT2D eigenvalue weighted by Crippen LogP contribution is -2.28. The van der Waals surface area contributed by atoms with E-state index in [0.29, 0.717) is 18.7 Å². The lowest BCUT2D eigenvalue weighted by molar-refractivity contribution is 0.0679. The molecular weight excluding hydrogens is 304 g/mol. The number of carbonyl (C=O) groups is 1. The van der Waals surface area contributed by atoms with Crippen LogP contribution in [-0.4, -0.2) is 37.8 Å². The van der Waals surface area contributed by atoms with E-state index in [9.17, 15) is 4.79 Å². The maximum Gasteiger partial charge on any atom is 0.251 e. The van der Waals surface area contributed by atoms with Gasteiger partial charge in [-0.25, -0.2) is 0 Å². The van der Waals surface area contributed by atoms with Crippen molar-refractivity contribution in [3.05, 3.63) is 29.8 Å². The smallest absolute Gasteiger partial charge is 0.251 e. The zero-order valence-electron chi connectivity index (χ0n) is 12.9. The van der Waals surface area contributed by atoms with E-state index in [4.69, 9.17) is 15.2 Å². The van der Waals surface area contributed by atoms with Gasteiger partial charge in [-0.05, 0) is 50.5 Å². The summed E-state index contributed by atoms with van der Waals surface area (Å²) in [5.74, 6) is 0.680. The third kappa shape index (κ3) is 6.22. The summed E-state index contributed by atoms with van der Waals surface area (Å²) in [7, 11) is 0. The lowest BCUT2D eigenvalue weighted by Gasteiger charge is -2.12. The van der Waals surface area contributed by atoms with Gasteiger partial charge in [0.2, 0.25) is 0 Å². The van der Waals surface area contributed by atoms with Crippen molar-refractivity contribution in [3.8, 4) is 5.75 Å². The Hall–Kier alpha value is -1.30. The van der Waals surface area contributed by atoms with Crippen LogP contribution in [0.1, 0.15) is 36.5 Å². The van der Waals surface area contributed by atoms with E-state index >= 15 is 0 Å². The van der Waals surface area contributed by atoms with Gasteiger partial charge in [0.15, 0.2) is 0 Å². The van der Waals surface area contributed by atoms with Gasteiger partial charge in [-0.3, -0.25) is 4.79 Å². The molecule has 22 heavy (non-hydrogen) atoms. The summed E-state index contributed by atoms with van der Waals surface area (Å²) in [5, 5.41) is 2.85. The monoisotopic (exact) mass is 328 g/mol. The Morgan fingerprint density at radius 3 is 2.77 bits per heavy atom. The number of halogens is 1. The third-order valence-corrected chi connectivity index (χ3v) is 3.46. The van der Waals surface area contributed by atoms with Crippen LogP contribution in [0.15, 0.2) is 24.3 Å². The van der Waals surface area contributed by atoms with Crippen molar-refractivity contribution in [2.45, 2.75) is 38.3 Å². The number of carbonyl (C=O) groups excluding carboxylic acids is 1. The van der Waals surface area contributed by atoms with Gasteiger partial charge in [-0.15, -0.1) is 12.4 Å². The minimum absolute atomic E-state index is 0. The van der Waals surface area contributed by atoms with Crippen LogP contribution in [0.25, 0.3) is 0 Å². The highest BCUT2D eigenvalue weighted by Gasteiger charge is 2.16. The van der Waals surface area contributed by atoms with Crippen molar-refractivity contribution >= 4 is 18.3 Å². The molecule has 1 aliphatic heterocycles. The summed E-state index contributed by atoms with van der Waals surface area (Å²) in [4.78, 5) is 11.9. The normalized spacial score (nSPS) is 18.4. The zero-order chi connectivity index (χ0) is 15.1. The summed E-state index contributed by atoms with van der Waals surface area (Å²) in [6.45, 7) is 3.91. The molecule has 3 N–H and O–H groups in total. The molecule has 1 aromatic carbocycles. The van der Waals surface area contributed by atoms with Crippen LogP contribution in [0.5, 0.6) is 5.75 Å². The molecule has 6 heteroatoms. The van der Waals surface area contributed by atoms with E-state index in [-0.39, 0.29) is 30.5 Å². The first-order valence-corrected chi connectivity index (χ1v) is 7.53. The fourth-order valence-electron chi connectivity index (χ4n) is 2.18. The molecule has 2 unspecified atom stereocenters. The molecule has 2 rings (SSSR count).